The molecule has 4 aliphatic rings. The molecule has 5 heteroatoms. The van der Waals surface area contributed by atoms with Crippen LogP contribution >= 0.6 is 0 Å². The van der Waals surface area contributed by atoms with Gasteiger partial charge in [0, 0.05) is 17.6 Å². The number of rotatable bonds is 2. The molecule has 1 saturated heterocycles. The molecular formula is C17H19NO4. The van der Waals surface area contributed by atoms with Gasteiger partial charge < -0.3 is 14.8 Å². The zero-order valence-corrected chi connectivity index (χ0v) is 12.5. The van der Waals surface area contributed by atoms with E-state index in [4.69, 9.17) is 9.47 Å². The summed E-state index contributed by atoms with van der Waals surface area (Å²) in [4.78, 5) is 23.5. The molecule has 1 N–H and O–H groups in total. The van der Waals surface area contributed by atoms with Crippen molar-refractivity contribution < 1.29 is 19.1 Å². The Labute approximate surface area is 129 Å². The molecular weight excluding hydrogens is 282 g/mol. The summed E-state index contributed by atoms with van der Waals surface area (Å²) in [6, 6.07) is 0.135. The molecule has 1 saturated carbocycles. The number of carbonyl (C=O) groups is 2. The highest BCUT2D eigenvalue weighted by Crippen LogP contribution is 2.47. The van der Waals surface area contributed by atoms with Crippen molar-refractivity contribution >= 4 is 11.9 Å². The Bertz CT molecular complexity index is 631. The number of nitrogens with one attached hydrogen (secondary N) is 1. The number of esters is 1. The van der Waals surface area contributed by atoms with E-state index >= 15 is 0 Å². The quantitative estimate of drug-likeness (QED) is 0.366. The van der Waals surface area contributed by atoms with Crippen LogP contribution in [0.15, 0.2) is 35.1 Å². The monoisotopic (exact) mass is 301 g/mol. The van der Waals surface area contributed by atoms with E-state index in [9.17, 15) is 9.59 Å². The summed E-state index contributed by atoms with van der Waals surface area (Å²) in [5.41, 5.74) is 2.61. The van der Waals surface area contributed by atoms with Crippen molar-refractivity contribution in [2.75, 3.05) is 0 Å². The average molecular weight is 301 g/mol. The Morgan fingerprint density at radius 1 is 1.41 bits per heavy atom. The number of fused-ring (bicyclic) bond motifs is 3. The first-order chi connectivity index (χ1) is 10.6. The molecule has 1 amide bonds. The van der Waals surface area contributed by atoms with E-state index in [0.717, 1.165) is 12.8 Å². The molecule has 0 radical (unpaired) electrons. The second-order valence-electron chi connectivity index (χ2n) is 6.46. The van der Waals surface area contributed by atoms with Gasteiger partial charge in [-0.2, -0.15) is 0 Å². The summed E-state index contributed by atoms with van der Waals surface area (Å²) in [5, 5.41) is 3.08. The molecule has 2 aliphatic carbocycles. The number of hydrogen-bond donors (Lipinski definition) is 1. The minimum absolute atomic E-state index is 0.0649. The topological polar surface area (TPSA) is 64.6 Å². The third-order valence-corrected chi connectivity index (χ3v) is 5.12. The molecule has 0 aromatic rings. The van der Waals surface area contributed by atoms with Crippen LogP contribution in [0.4, 0.5) is 0 Å². The van der Waals surface area contributed by atoms with Gasteiger partial charge in [0.05, 0.1) is 17.9 Å². The van der Waals surface area contributed by atoms with Crippen molar-refractivity contribution in [3.05, 3.63) is 35.1 Å². The second kappa shape index (κ2) is 5.00. The van der Waals surface area contributed by atoms with Gasteiger partial charge in [0.15, 0.2) is 0 Å². The summed E-state index contributed by atoms with van der Waals surface area (Å²) in [7, 11) is 0. The third kappa shape index (κ3) is 2.07. The van der Waals surface area contributed by atoms with Crippen molar-refractivity contribution in [1.29, 1.82) is 0 Å². The average Bonchev–Trinajstić information content (AvgIpc) is 3.10. The molecule has 2 aliphatic heterocycles. The van der Waals surface area contributed by atoms with E-state index in [1.165, 1.54) is 24.7 Å². The van der Waals surface area contributed by atoms with Crippen LogP contribution in [0.25, 0.3) is 0 Å². The van der Waals surface area contributed by atoms with Crippen LogP contribution in [-0.4, -0.2) is 24.2 Å². The summed E-state index contributed by atoms with van der Waals surface area (Å²) in [5.74, 6) is 0.349. The summed E-state index contributed by atoms with van der Waals surface area (Å²) < 4.78 is 10.5. The van der Waals surface area contributed by atoms with E-state index in [1.54, 1.807) is 13.0 Å². The molecule has 5 nitrogen and oxygen atoms in total. The first-order valence-corrected chi connectivity index (χ1v) is 7.89. The van der Waals surface area contributed by atoms with Crippen LogP contribution in [0.1, 0.15) is 32.6 Å². The Kier molecular flexibility index (Phi) is 3.10. The van der Waals surface area contributed by atoms with Crippen LogP contribution in [0.5, 0.6) is 0 Å². The molecule has 2 fully saturated rings. The summed E-state index contributed by atoms with van der Waals surface area (Å²) in [6.45, 7) is 1.69. The van der Waals surface area contributed by atoms with Crippen LogP contribution < -0.4 is 5.32 Å². The predicted molar refractivity (Wildman–Crippen MR) is 78.3 cm³/mol. The smallest absolute Gasteiger partial charge is 0.336 e. The highest BCUT2D eigenvalue weighted by atomic mass is 16.7. The molecule has 2 heterocycles. The Morgan fingerprint density at radius 2 is 2.27 bits per heavy atom. The van der Waals surface area contributed by atoms with Crippen molar-refractivity contribution in [1.82, 2.24) is 5.32 Å². The number of allylic oxidation sites excluding steroid dienone is 1. The standard InChI is InChI=1S/C17H19NO4/c1-9-6-14(22-17(9)20)21-8-13-12-7-10-4-2-3-5-11(10)15(12)18-16(13)19/h5-6,8,10,12,14-15H,2-4,7H2,1H3,(H,18,19)/b13-8+/t10-,12+,14-,15+/m0/s1. The van der Waals surface area contributed by atoms with Crippen LogP contribution in [0.3, 0.4) is 0 Å². The Balaban J connectivity index is 1.52. The van der Waals surface area contributed by atoms with E-state index < -0.39 is 6.29 Å². The van der Waals surface area contributed by atoms with Gasteiger partial charge in [0.25, 0.3) is 12.2 Å². The Hall–Kier alpha value is -2.04. The van der Waals surface area contributed by atoms with E-state index in [2.05, 4.69) is 11.4 Å². The van der Waals surface area contributed by atoms with Gasteiger partial charge in [-0.25, -0.2) is 4.79 Å². The SMILES string of the molecule is CC1=C[C@@H](O/C=C2/C(=O)N[C@@H]3C4=CCCC[C@H]4C[C@H]23)OC1=O. The lowest BCUT2D eigenvalue weighted by atomic mass is 9.89. The van der Waals surface area contributed by atoms with Crippen molar-refractivity contribution in [3.63, 3.8) is 0 Å². The van der Waals surface area contributed by atoms with Gasteiger partial charge in [-0.3, -0.25) is 4.79 Å². The number of ether oxygens (including phenoxy) is 2. The number of cyclic esters (lactones) is 1. The largest absolute Gasteiger partial charge is 0.458 e. The zero-order chi connectivity index (χ0) is 15.3. The van der Waals surface area contributed by atoms with E-state index in [-0.39, 0.29) is 23.8 Å². The Morgan fingerprint density at radius 3 is 3.05 bits per heavy atom. The molecule has 22 heavy (non-hydrogen) atoms. The molecule has 0 spiro atoms. The van der Waals surface area contributed by atoms with Crippen LogP contribution in [0, 0.1) is 11.8 Å². The predicted octanol–water partition coefficient (Wildman–Crippen LogP) is 1.96. The third-order valence-electron chi connectivity index (χ3n) is 5.12. The first kappa shape index (κ1) is 13.6. The lowest BCUT2D eigenvalue weighted by Gasteiger charge is -2.20. The van der Waals surface area contributed by atoms with Gasteiger partial charge in [0.2, 0.25) is 0 Å². The van der Waals surface area contributed by atoms with E-state index in [1.807, 2.05) is 0 Å². The van der Waals surface area contributed by atoms with Crippen molar-refractivity contribution in [2.24, 2.45) is 11.8 Å². The number of amides is 1. The van der Waals surface area contributed by atoms with Gasteiger partial charge >= 0.3 is 5.97 Å². The fourth-order valence-corrected chi connectivity index (χ4v) is 4.01. The molecule has 0 bridgehead atoms. The van der Waals surface area contributed by atoms with Crippen LogP contribution in [0.2, 0.25) is 0 Å². The highest BCUT2D eigenvalue weighted by molar-refractivity contribution is 5.97. The minimum atomic E-state index is -0.713. The summed E-state index contributed by atoms with van der Waals surface area (Å²) in [6.07, 6.45) is 9.27. The van der Waals surface area contributed by atoms with Crippen molar-refractivity contribution in [2.45, 2.75) is 44.9 Å². The molecule has 116 valence electrons. The maximum absolute atomic E-state index is 12.2. The van der Waals surface area contributed by atoms with Gasteiger partial charge in [-0.1, -0.05) is 6.08 Å². The zero-order valence-electron chi connectivity index (χ0n) is 12.5. The lowest BCUT2D eigenvalue weighted by molar-refractivity contribution is -0.152. The maximum atomic E-state index is 12.2. The van der Waals surface area contributed by atoms with Gasteiger partial charge in [-0.15, -0.1) is 0 Å². The summed E-state index contributed by atoms with van der Waals surface area (Å²) >= 11 is 0. The molecule has 0 aromatic carbocycles. The molecule has 0 aromatic heterocycles. The lowest BCUT2D eigenvalue weighted by Crippen LogP contribution is -2.28. The number of hydrogen-bond acceptors (Lipinski definition) is 4. The molecule has 4 rings (SSSR count). The van der Waals surface area contributed by atoms with Gasteiger partial charge in [0.1, 0.15) is 0 Å². The molecule has 0 unspecified atom stereocenters. The van der Waals surface area contributed by atoms with Gasteiger partial charge in [-0.05, 0) is 44.1 Å². The highest BCUT2D eigenvalue weighted by Gasteiger charge is 2.48. The van der Waals surface area contributed by atoms with Crippen molar-refractivity contribution in [3.8, 4) is 0 Å². The first-order valence-electron chi connectivity index (χ1n) is 7.89. The maximum Gasteiger partial charge on any atom is 0.336 e. The molecule has 4 atom stereocenters. The number of carbonyl (C=O) groups excluding carboxylic acids is 2. The fraction of sp³-hybridized carbons (Fsp3) is 0.529. The second-order valence-corrected chi connectivity index (χ2v) is 6.46. The van der Waals surface area contributed by atoms with Crippen LogP contribution in [-0.2, 0) is 19.1 Å². The fourth-order valence-electron chi connectivity index (χ4n) is 4.01. The minimum Gasteiger partial charge on any atom is -0.458 e. The normalized spacial score (nSPS) is 38.1. The van der Waals surface area contributed by atoms with E-state index in [0.29, 0.717) is 17.1 Å².